The van der Waals surface area contributed by atoms with Gasteiger partial charge in [-0.25, -0.2) is 9.79 Å². The van der Waals surface area contributed by atoms with Gasteiger partial charge >= 0.3 is 12.1 Å². The molecule has 0 fully saturated rings. The average Bonchev–Trinajstić information content (AvgIpc) is 2.71. The topological polar surface area (TPSA) is 41.9 Å². The zero-order chi connectivity index (χ0) is 22.5. The van der Waals surface area contributed by atoms with Crippen molar-refractivity contribution in [2.24, 2.45) is 4.99 Å². The summed E-state index contributed by atoms with van der Waals surface area (Å²) in [4.78, 5) is 19.3. The molecule has 162 valence electrons. The molecule has 0 aromatic heterocycles. The van der Waals surface area contributed by atoms with Crippen molar-refractivity contribution in [1.29, 1.82) is 0 Å². The van der Waals surface area contributed by atoms with Crippen LogP contribution >= 0.6 is 0 Å². The molecule has 0 amide bonds. The fourth-order valence-corrected chi connectivity index (χ4v) is 2.96. The molecule has 30 heavy (non-hydrogen) atoms. The van der Waals surface area contributed by atoms with Crippen molar-refractivity contribution < 1.29 is 22.7 Å². The number of halogens is 3. The highest BCUT2D eigenvalue weighted by Crippen LogP contribution is 2.30. The summed E-state index contributed by atoms with van der Waals surface area (Å²) in [5.41, 5.74) is 2.18. The number of carbonyl (C=O) groups is 1. The summed E-state index contributed by atoms with van der Waals surface area (Å²) in [6.07, 6.45) is -3.66. The van der Waals surface area contributed by atoms with Gasteiger partial charge in [0.05, 0.1) is 16.8 Å². The summed E-state index contributed by atoms with van der Waals surface area (Å²) in [5, 5.41) is 0. The number of hydrogen-bond donors (Lipinski definition) is 0. The molecule has 2 rings (SSSR count). The van der Waals surface area contributed by atoms with E-state index in [0.717, 1.165) is 42.2 Å². The van der Waals surface area contributed by atoms with E-state index >= 15 is 0 Å². The van der Waals surface area contributed by atoms with E-state index in [9.17, 15) is 18.0 Å². The molecule has 0 unspecified atom stereocenters. The van der Waals surface area contributed by atoms with Crippen LogP contribution in [0.2, 0.25) is 0 Å². The lowest BCUT2D eigenvalue weighted by molar-refractivity contribution is -0.137. The molecule has 7 heteroatoms. The van der Waals surface area contributed by atoms with Crippen LogP contribution in [0, 0.1) is 13.8 Å². The van der Waals surface area contributed by atoms with Crippen molar-refractivity contribution in [3.63, 3.8) is 0 Å². The molecule has 0 bridgehead atoms. The molecule has 0 saturated heterocycles. The van der Waals surface area contributed by atoms with Crippen LogP contribution < -0.4 is 0 Å². The number of nitrogens with zero attached hydrogens (tertiary/aromatic N) is 2. The van der Waals surface area contributed by atoms with Crippen molar-refractivity contribution >= 4 is 17.5 Å². The van der Waals surface area contributed by atoms with E-state index in [4.69, 9.17) is 9.73 Å². The normalized spacial score (nSPS) is 12.1. The minimum atomic E-state index is -4.44. The Balaban J connectivity index is 2.19. The molecule has 0 saturated carbocycles. The quantitative estimate of drug-likeness (QED) is 0.324. The predicted molar refractivity (Wildman–Crippen MR) is 112 cm³/mol. The molecule has 2 aromatic carbocycles. The van der Waals surface area contributed by atoms with Crippen LogP contribution in [0.1, 0.15) is 52.9 Å². The van der Waals surface area contributed by atoms with Crippen LogP contribution in [0.5, 0.6) is 0 Å². The lowest BCUT2D eigenvalue weighted by atomic mass is 10.0. The minimum absolute atomic E-state index is 0.234. The maximum absolute atomic E-state index is 12.8. The monoisotopic (exact) mass is 420 g/mol. The average molecular weight is 420 g/mol. The summed E-state index contributed by atoms with van der Waals surface area (Å²) in [6, 6.07) is 8.30. The van der Waals surface area contributed by atoms with Crippen LogP contribution in [0.4, 0.5) is 18.9 Å². The van der Waals surface area contributed by atoms with Gasteiger partial charge in [-0.2, -0.15) is 13.2 Å². The first-order valence-corrected chi connectivity index (χ1v) is 9.80. The van der Waals surface area contributed by atoms with Crippen LogP contribution in [-0.4, -0.2) is 30.3 Å². The van der Waals surface area contributed by atoms with Crippen LogP contribution in [-0.2, 0) is 17.5 Å². The smallest absolute Gasteiger partial charge is 0.416 e. The Kier molecular flexibility index (Phi) is 7.65. The number of benzene rings is 2. The van der Waals surface area contributed by atoms with Gasteiger partial charge in [0.2, 0.25) is 0 Å². The van der Waals surface area contributed by atoms with E-state index < -0.39 is 17.7 Å². The maximum atomic E-state index is 12.8. The van der Waals surface area contributed by atoms with Gasteiger partial charge in [0.25, 0.3) is 0 Å². The highest BCUT2D eigenvalue weighted by Gasteiger charge is 2.30. The number of rotatable bonds is 6. The van der Waals surface area contributed by atoms with E-state index in [1.165, 1.54) is 12.1 Å². The van der Waals surface area contributed by atoms with Crippen molar-refractivity contribution in [2.75, 3.05) is 13.6 Å². The standard InChI is InChI=1S/C23H27F3N2O2/c1-6-21(28(5)7-2)27-20-12-15(3)19(11-16(20)4)22(29)30-14-17-9-8-10-18(13-17)23(24,25)26/h8-13H,6-7,14H2,1-5H3. The first-order valence-electron chi connectivity index (χ1n) is 9.80. The van der Waals surface area contributed by atoms with Gasteiger partial charge in [-0.05, 0) is 61.7 Å². The second kappa shape index (κ2) is 9.78. The second-order valence-corrected chi connectivity index (χ2v) is 7.12. The number of amidine groups is 1. The summed E-state index contributed by atoms with van der Waals surface area (Å²) >= 11 is 0. The van der Waals surface area contributed by atoms with Gasteiger partial charge in [-0.3, -0.25) is 0 Å². The molecule has 2 aromatic rings. The van der Waals surface area contributed by atoms with E-state index in [0.29, 0.717) is 11.1 Å². The van der Waals surface area contributed by atoms with Gasteiger partial charge in [0, 0.05) is 20.0 Å². The molecule has 0 aliphatic rings. The van der Waals surface area contributed by atoms with Crippen molar-refractivity contribution in [3.8, 4) is 0 Å². The first-order chi connectivity index (χ1) is 14.1. The number of carbonyl (C=O) groups excluding carboxylic acids is 1. The second-order valence-electron chi connectivity index (χ2n) is 7.12. The van der Waals surface area contributed by atoms with Gasteiger partial charge in [-0.1, -0.05) is 19.1 Å². The number of ether oxygens (including phenoxy) is 1. The van der Waals surface area contributed by atoms with E-state index in [-0.39, 0.29) is 12.2 Å². The van der Waals surface area contributed by atoms with Crippen molar-refractivity contribution in [1.82, 2.24) is 4.90 Å². The SMILES string of the molecule is CCC(=Nc1cc(C)c(C(=O)OCc2cccc(C(F)(F)F)c2)cc1C)N(C)CC. The lowest BCUT2D eigenvalue weighted by Gasteiger charge is -2.19. The Bertz CT molecular complexity index is 937. The molecular weight excluding hydrogens is 393 g/mol. The number of aryl methyl sites for hydroxylation is 2. The molecule has 0 atom stereocenters. The summed E-state index contributed by atoms with van der Waals surface area (Å²) in [6.45, 7) is 8.34. The van der Waals surface area contributed by atoms with Gasteiger partial charge in [0.1, 0.15) is 12.4 Å². The van der Waals surface area contributed by atoms with Crippen molar-refractivity contribution in [3.05, 3.63) is 64.2 Å². The number of aliphatic imine (C=N–C) groups is 1. The Morgan fingerprint density at radius 3 is 2.40 bits per heavy atom. The van der Waals surface area contributed by atoms with Crippen LogP contribution in [0.25, 0.3) is 0 Å². The van der Waals surface area contributed by atoms with E-state index in [1.807, 2.05) is 33.9 Å². The highest BCUT2D eigenvalue weighted by molar-refractivity contribution is 5.92. The van der Waals surface area contributed by atoms with Gasteiger partial charge in [-0.15, -0.1) is 0 Å². The van der Waals surface area contributed by atoms with Gasteiger partial charge < -0.3 is 9.64 Å². The number of alkyl halides is 3. The third-order valence-corrected chi connectivity index (χ3v) is 4.87. The summed E-state index contributed by atoms with van der Waals surface area (Å²) in [7, 11) is 1.98. The number of hydrogen-bond acceptors (Lipinski definition) is 3. The van der Waals surface area contributed by atoms with E-state index in [2.05, 4.69) is 4.90 Å². The first kappa shape index (κ1) is 23.4. The lowest BCUT2D eigenvalue weighted by Crippen LogP contribution is -2.25. The Hall–Kier alpha value is -2.83. The zero-order valence-electron chi connectivity index (χ0n) is 17.9. The molecule has 0 aliphatic carbocycles. The Morgan fingerprint density at radius 1 is 1.10 bits per heavy atom. The fourth-order valence-electron chi connectivity index (χ4n) is 2.96. The third-order valence-electron chi connectivity index (χ3n) is 4.87. The molecule has 0 heterocycles. The molecule has 0 spiro atoms. The number of esters is 1. The summed E-state index contributed by atoms with van der Waals surface area (Å²) < 4.78 is 43.8. The Morgan fingerprint density at radius 2 is 1.80 bits per heavy atom. The van der Waals surface area contributed by atoms with Crippen LogP contribution in [0.3, 0.4) is 0 Å². The molecule has 4 nitrogen and oxygen atoms in total. The summed E-state index contributed by atoms with van der Waals surface area (Å²) in [5.74, 6) is 0.366. The predicted octanol–water partition coefficient (Wildman–Crippen LogP) is 6.07. The maximum Gasteiger partial charge on any atom is 0.416 e. The molecular formula is C23H27F3N2O2. The van der Waals surface area contributed by atoms with Crippen molar-refractivity contribution in [2.45, 2.75) is 46.9 Å². The Labute approximate surface area is 175 Å². The molecule has 0 aliphatic heterocycles. The minimum Gasteiger partial charge on any atom is -0.457 e. The third kappa shape index (κ3) is 5.84. The fraction of sp³-hybridized carbons (Fsp3) is 0.391. The molecule has 0 N–H and O–H groups in total. The zero-order valence-corrected chi connectivity index (χ0v) is 17.9. The van der Waals surface area contributed by atoms with Gasteiger partial charge in [0.15, 0.2) is 0 Å². The van der Waals surface area contributed by atoms with Crippen LogP contribution in [0.15, 0.2) is 41.4 Å². The largest absolute Gasteiger partial charge is 0.457 e. The van der Waals surface area contributed by atoms with E-state index in [1.54, 1.807) is 13.0 Å². The highest BCUT2D eigenvalue weighted by atomic mass is 19.4. The molecule has 0 radical (unpaired) electrons.